The van der Waals surface area contributed by atoms with E-state index in [1.165, 1.54) is 34.7 Å². The Balaban J connectivity index is 2.01. The number of anilines is 1. The molecule has 0 atom stereocenters. The molecule has 0 saturated carbocycles. The summed E-state index contributed by atoms with van der Waals surface area (Å²) in [6, 6.07) is 8.27. The van der Waals surface area contributed by atoms with Gasteiger partial charge in [-0.3, -0.25) is 4.79 Å². The summed E-state index contributed by atoms with van der Waals surface area (Å²) in [5, 5.41) is 2.30. The molecule has 8 heteroatoms. The molecule has 128 valence electrons. The number of benzene rings is 2. The SMILES string of the molecule is Cc1ccc(S(=O)(=O)CCC(=O)Nc2cc(F)c(I)c(F)c2)cc1. The molecule has 2 rings (SSSR count). The van der Waals surface area contributed by atoms with E-state index < -0.39 is 33.1 Å². The van der Waals surface area contributed by atoms with Crippen LogP contribution in [0.25, 0.3) is 0 Å². The number of aryl methyl sites for hydroxylation is 1. The van der Waals surface area contributed by atoms with Crippen LogP contribution in [0.5, 0.6) is 0 Å². The average Bonchev–Trinajstić information content (AvgIpc) is 2.51. The number of carbonyl (C=O) groups excluding carboxylic acids is 1. The average molecular weight is 465 g/mol. The molecule has 0 heterocycles. The zero-order valence-electron chi connectivity index (χ0n) is 12.6. The van der Waals surface area contributed by atoms with Crippen LogP contribution in [0.4, 0.5) is 14.5 Å². The number of rotatable bonds is 5. The minimum atomic E-state index is -3.60. The topological polar surface area (TPSA) is 63.2 Å². The van der Waals surface area contributed by atoms with Crippen molar-refractivity contribution in [3.05, 3.63) is 57.2 Å². The van der Waals surface area contributed by atoms with Gasteiger partial charge in [-0.1, -0.05) is 17.7 Å². The van der Waals surface area contributed by atoms with Gasteiger partial charge in [0.15, 0.2) is 9.84 Å². The number of carbonyl (C=O) groups is 1. The van der Waals surface area contributed by atoms with E-state index >= 15 is 0 Å². The zero-order chi connectivity index (χ0) is 17.9. The van der Waals surface area contributed by atoms with Gasteiger partial charge in [-0.2, -0.15) is 0 Å². The number of sulfone groups is 1. The summed E-state index contributed by atoms with van der Waals surface area (Å²) in [6.45, 7) is 1.84. The lowest BCUT2D eigenvalue weighted by Gasteiger charge is -2.08. The lowest BCUT2D eigenvalue weighted by Crippen LogP contribution is -2.17. The first-order chi connectivity index (χ1) is 11.2. The highest BCUT2D eigenvalue weighted by Gasteiger charge is 2.17. The molecule has 2 aromatic rings. The second kappa shape index (κ2) is 7.56. The molecule has 0 spiro atoms. The second-order valence-corrected chi connectivity index (χ2v) is 8.37. The van der Waals surface area contributed by atoms with Crippen molar-refractivity contribution in [2.45, 2.75) is 18.2 Å². The molecule has 0 aromatic heterocycles. The van der Waals surface area contributed by atoms with Crippen molar-refractivity contribution in [1.29, 1.82) is 0 Å². The van der Waals surface area contributed by atoms with E-state index in [2.05, 4.69) is 5.32 Å². The van der Waals surface area contributed by atoms with Gasteiger partial charge in [-0.15, -0.1) is 0 Å². The van der Waals surface area contributed by atoms with Gasteiger partial charge in [-0.05, 0) is 53.8 Å². The molecular formula is C16H14F2INO3S. The summed E-state index contributed by atoms with van der Waals surface area (Å²) < 4.78 is 51.0. The van der Waals surface area contributed by atoms with Crippen LogP contribution in [0.15, 0.2) is 41.3 Å². The Hall–Kier alpha value is -1.55. The molecule has 0 aliphatic carbocycles. The van der Waals surface area contributed by atoms with Gasteiger partial charge in [0.05, 0.1) is 14.2 Å². The summed E-state index contributed by atoms with van der Waals surface area (Å²) in [4.78, 5) is 12.0. The number of hydrogen-bond donors (Lipinski definition) is 1. The fraction of sp³-hybridized carbons (Fsp3) is 0.188. The summed E-state index contributed by atoms with van der Waals surface area (Å²) in [5.41, 5.74) is 0.873. The molecule has 2 aromatic carbocycles. The third-order valence-electron chi connectivity index (χ3n) is 3.25. The number of hydrogen-bond acceptors (Lipinski definition) is 3. The molecule has 0 saturated heterocycles. The van der Waals surface area contributed by atoms with E-state index in [9.17, 15) is 22.0 Å². The summed E-state index contributed by atoms with van der Waals surface area (Å²) in [6.07, 6.45) is -0.314. The van der Waals surface area contributed by atoms with Gasteiger partial charge in [0.1, 0.15) is 11.6 Å². The molecule has 24 heavy (non-hydrogen) atoms. The maximum atomic E-state index is 13.4. The number of amides is 1. The van der Waals surface area contributed by atoms with Crippen molar-refractivity contribution < 1.29 is 22.0 Å². The van der Waals surface area contributed by atoms with Crippen LogP contribution < -0.4 is 5.32 Å². The highest BCUT2D eigenvalue weighted by molar-refractivity contribution is 14.1. The predicted octanol–water partition coefficient (Wildman–Crippen LogP) is 3.68. The Labute approximate surface area is 152 Å². The van der Waals surface area contributed by atoms with Crippen LogP contribution in [-0.2, 0) is 14.6 Å². The molecule has 0 aliphatic heterocycles. The Bertz CT molecular complexity index is 844. The van der Waals surface area contributed by atoms with Crippen LogP contribution in [0, 0.1) is 22.1 Å². The summed E-state index contributed by atoms with van der Waals surface area (Å²) in [5.74, 6) is -2.61. The third-order valence-corrected chi connectivity index (χ3v) is 6.01. The molecule has 0 bridgehead atoms. The summed E-state index contributed by atoms with van der Waals surface area (Å²) in [7, 11) is -3.60. The Morgan fingerprint density at radius 1 is 1.12 bits per heavy atom. The Kier molecular flexibility index (Phi) is 5.92. The standard InChI is InChI=1S/C16H14F2INO3S/c1-10-2-4-12(5-3-10)24(22,23)7-6-15(21)20-11-8-13(17)16(19)14(18)9-11/h2-5,8-9H,6-7H2,1H3,(H,20,21). The molecule has 0 aliphatic rings. The second-order valence-electron chi connectivity index (χ2n) is 5.18. The van der Waals surface area contributed by atoms with E-state index in [0.29, 0.717) is 0 Å². The fourth-order valence-electron chi connectivity index (χ4n) is 1.94. The minimum Gasteiger partial charge on any atom is -0.326 e. The summed E-state index contributed by atoms with van der Waals surface area (Å²) >= 11 is 1.51. The molecule has 0 unspecified atom stereocenters. The van der Waals surface area contributed by atoms with E-state index in [1.54, 1.807) is 12.1 Å². The van der Waals surface area contributed by atoms with Crippen molar-refractivity contribution >= 4 is 44.0 Å². The third kappa shape index (κ3) is 4.73. The molecule has 0 fully saturated rings. The lowest BCUT2D eigenvalue weighted by atomic mass is 10.2. The number of nitrogens with one attached hydrogen (secondary N) is 1. The highest BCUT2D eigenvalue weighted by atomic mass is 127. The van der Waals surface area contributed by atoms with E-state index in [4.69, 9.17) is 0 Å². The molecule has 1 amide bonds. The van der Waals surface area contributed by atoms with Crippen molar-refractivity contribution in [3.63, 3.8) is 0 Å². The first kappa shape index (κ1) is 18.8. The van der Waals surface area contributed by atoms with Crippen LogP contribution in [0.2, 0.25) is 0 Å². The van der Waals surface area contributed by atoms with Crippen LogP contribution in [0.1, 0.15) is 12.0 Å². The minimum absolute atomic E-state index is 0.0526. The maximum absolute atomic E-state index is 13.4. The predicted molar refractivity (Wildman–Crippen MR) is 95.6 cm³/mol. The Morgan fingerprint density at radius 2 is 1.67 bits per heavy atom. The van der Waals surface area contributed by atoms with Gasteiger partial charge < -0.3 is 5.32 Å². The molecular weight excluding hydrogens is 451 g/mol. The first-order valence-corrected chi connectivity index (χ1v) is 9.66. The maximum Gasteiger partial charge on any atom is 0.225 e. The van der Waals surface area contributed by atoms with Gasteiger partial charge in [0.25, 0.3) is 0 Å². The molecule has 0 radical (unpaired) electrons. The fourth-order valence-corrected chi connectivity index (χ4v) is 3.49. The number of halogens is 3. The van der Waals surface area contributed by atoms with E-state index in [1.807, 2.05) is 6.92 Å². The smallest absolute Gasteiger partial charge is 0.225 e. The normalized spacial score (nSPS) is 11.3. The van der Waals surface area contributed by atoms with E-state index in [0.717, 1.165) is 17.7 Å². The quantitative estimate of drug-likeness (QED) is 0.542. The van der Waals surface area contributed by atoms with Gasteiger partial charge >= 0.3 is 0 Å². The van der Waals surface area contributed by atoms with Crippen molar-refractivity contribution in [2.24, 2.45) is 0 Å². The van der Waals surface area contributed by atoms with Gasteiger partial charge in [0, 0.05) is 12.1 Å². The zero-order valence-corrected chi connectivity index (χ0v) is 15.6. The van der Waals surface area contributed by atoms with E-state index in [-0.39, 0.29) is 20.6 Å². The first-order valence-electron chi connectivity index (χ1n) is 6.93. The van der Waals surface area contributed by atoms with Crippen molar-refractivity contribution in [1.82, 2.24) is 0 Å². The van der Waals surface area contributed by atoms with Crippen LogP contribution in [-0.4, -0.2) is 20.1 Å². The monoisotopic (exact) mass is 465 g/mol. The largest absolute Gasteiger partial charge is 0.326 e. The molecule has 1 N–H and O–H groups in total. The van der Waals surface area contributed by atoms with Gasteiger partial charge in [0.2, 0.25) is 5.91 Å². The lowest BCUT2D eigenvalue weighted by molar-refractivity contribution is -0.115. The highest BCUT2D eigenvalue weighted by Crippen LogP contribution is 2.21. The Morgan fingerprint density at radius 3 is 2.21 bits per heavy atom. The van der Waals surface area contributed by atoms with Crippen LogP contribution in [0.3, 0.4) is 0 Å². The van der Waals surface area contributed by atoms with Crippen molar-refractivity contribution in [3.8, 4) is 0 Å². The van der Waals surface area contributed by atoms with Crippen LogP contribution >= 0.6 is 22.6 Å². The van der Waals surface area contributed by atoms with Crippen molar-refractivity contribution in [2.75, 3.05) is 11.1 Å². The van der Waals surface area contributed by atoms with Gasteiger partial charge in [-0.25, -0.2) is 17.2 Å². The molecule has 4 nitrogen and oxygen atoms in total.